The molecular weight excluding hydrogens is 312 g/mol. The second-order valence-electron chi connectivity index (χ2n) is 4.89. The minimum absolute atomic E-state index is 0.102. The number of rotatable bonds is 6. The number of benzene rings is 1. The van der Waals surface area contributed by atoms with E-state index >= 15 is 0 Å². The van der Waals surface area contributed by atoms with Gasteiger partial charge in [-0.05, 0) is 24.6 Å². The van der Waals surface area contributed by atoms with Crippen LogP contribution in [0.1, 0.15) is 17.7 Å². The molecule has 0 N–H and O–H groups in total. The van der Waals surface area contributed by atoms with Crippen molar-refractivity contribution in [1.29, 1.82) is 0 Å². The topological polar surface area (TPSA) is 38.8 Å². The highest BCUT2D eigenvalue weighted by Crippen LogP contribution is 2.29. The van der Waals surface area contributed by atoms with Crippen LogP contribution in [-0.4, -0.2) is 49.5 Å². The summed E-state index contributed by atoms with van der Waals surface area (Å²) in [5, 5.41) is 0.102. The lowest BCUT2D eigenvalue weighted by Crippen LogP contribution is -2.41. The smallest absolute Gasteiger partial charge is 0.387 e. The van der Waals surface area contributed by atoms with E-state index in [1.165, 1.54) is 23.9 Å². The van der Waals surface area contributed by atoms with Gasteiger partial charge in [0.05, 0.1) is 19.0 Å². The van der Waals surface area contributed by atoms with Crippen molar-refractivity contribution in [2.75, 3.05) is 32.1 Å². The van der Waals surface area contributed by atoms with Crippen LogP contribution in [0.5, 0.6) is 5.75 Å². The molecule has 1 saturated heterocycles. The van der Waals surface area contributed by atoms with Crippen LogP contribution in [-0.2, 0) is 9.53 Å². The molecule has 2 rings (SSSR count). The highest BCUT2D eigenvalue weighted by atomic mass is 32.2. The molecule has 0 saturated carbocycles. The first-order chi connectivity index (χ1) is 10.6. The Bertz CT molecular complexity index is 478. The Kier molecular flexibility index (Phi) is 6.45. The van der Waals surface area contributed by atoms with E-state index in [4.69, 9.17) is 4.74 Å². The number of alkyl halides is 2. The number of hydrogen-bond acceptors (Lipinski definition) is 4. The van der Waals surface area contributed by atoms with Gasteiger partial charge in [0, 0.05) is 18.3 Å². The lowest BCUT2D eigenvalue weighted by atomic mass is 10.2. The van der Waals surface area contributed by atoms with E-state index in [0.717, 1.165) is 5.56 Å². The van der Waals surface area contributed by atoms with Crippen LogP contribution < -0.4 is 4.74 Å². The van der Waals surface area contributed by atoms with Gasteiger partial charge in [-0.2, -0.15) is 8.78 Å². The third-order valence-corrected chi connectivity index (χ3v) is 4.58. The summed E-state index contributed by atoms with van der Waals surface area (Å²) in [6.45, 7) is 1.65. The molecule has 0 spiro atoms. The van der Waals surface area contributed by atoms with E-state index in [9.17, 15) is 13.6 Å². The van der Waals surface area contributed by atoms with Crippen LogP contribution in [0.25, 0.3) is 0 Å². The van der Waals surface area contributed by atoms with Crippen molar-refractivity contribution < 1.29 is 23.0 Å². The summed E-state index contributed by atoms with van der Waals surface area (Å²) in [4.78, 5) is 13.9. The predicted octanol–water partition coefficient (Wildman–Crippen LogP) is 2.94. The van der Waals surface area contributed by atoms with Crippen molar-refractivity contribution in [1.82, 2.24) is 4.90 Å². The standard InChI is InChI=1S/C15H19F2NO3S/c1-11(12-2-4-13(5-3-12)21-15(16)17)22-10-14(19)18-6-8-20-9-7-18/h2-5,11,15H,6-10H2,1H3/t11-/m1/s1. The molecule has 1 aromatic rings. The monoisotopic (exact) mass is 331 g/mol. The lowest BCUT2D eigenvalue weighted by molar-refractivity contribution is -0.132. The maximum atomic E-state index is 12.1. The molecule has 4 nitrogen and oxygen atoms in total. The van der Waals surface area contributed by atoms with Crippen LogP contribution in [0.4, 0.5) is 8.78 Å². The van der Waals surface area contributed by atoms with Crippen molar-refractivity contribution in [3.05, 3.63) is 29.8 Å². The average molecular weight is 331 g/mol. The second-order valence-corrected chi connectivity index (χ2v) is 6.22. The summed E-state index contributed by atoms with van der Waals surface area (Å²) >= 11 is 1.53. The molecule has 1 heterocycles. The van der Waals surface area contributed by atoms with Crippen LogP contribution in [0.2, 0.25) is 0 Å². The molecule has 1 aliphatic rings. The van der Waals surface area contributed by atoms with Gasteiger partial charge in [0.1, 0.15) is 5.75 Å². The van der Waals surface area contributed by atoms with Crippen molar-refractivity contribution in [2.45, 2.75) is 18.8 Å². The minimum atomic E-state index is -2.82. The number of ether oxygens (including phenoxy) is 2. The summed E-state index contributed by atoms with van der Waals surface area (Å²) in [6, 6.07) is 6.52. The number of amides is 1. The maximum Gasteiger partial charge on any atom is 0.387 e. The van der Waals surface area contributed by atoms with E-state index < -0.39 is 6.61 Å². The van der Waals surface area contributed by atoms with Crippen molar-refractivity contribution >= 4 is 17.7 Å². The third kappa shape index (κ3) is 5.14. The highest BCUT2D eigenvalue weighted by molar-refractivity contribution is 8.00. The second kappa shape index (κ2) is 8.33. The van der Waals surface area contributed by atoms with Crippen LogP contribution >= 0.6 is 11.8 Å². The fraction of sp³-hybridized carbons (Fsp3) is 0.533. The van der Waals surface area contributed by atoms with Gasteiger partial charge in [-0.3, -0.25) is 4.79 Å². The fourth-order valence-corrected chi connectivity index (χ4v) is 3.04. The third-order valence-electron chi connectivity index (χ3n) is 3.40. The first kappa shape index (κ1) is 17.0. The van der Waals surface area contributed by atoms with E-state index in [1.54, 1.807) is 12.1 Å². The molecule has 122 valence electrons. The van der Waals surface area contributed by atoms with Crippen molar-refractivity contribution in [3.63, 3.8) is 0 Å². The number of halogens is 2. The maximum absolute atomic E-state index is 12.1. The van der Waals surface area contributed by atoms with Crippen molar-refractivity contribution in [2.24, 2.45) is 0 Å². The van der Waals surface area contributed by atoms with Gasteiger partial charge in [0.15, 0.2) is 0 Å². The van der Waals surface area contributed by atoms with Gasteiger partial charge in [-0.1, -0.05) is 12.1 Å². The molecule has 1 aromatic carbocycles. The molecule has 1 amide bonds. The SMILES string of the molecule is C[C@@H](SCC(=O)N1CCOCC1)c1ccc(OC(F)F)cc1. The Hall–Kier alpha value is -1.34. The van der Waals surface area contributed by atoms with Crippen LogP contribution in [0.15, 0.2) is 24.3 Å². The summed E-state index contributed by atoms with van der Waals surface area (Å²) in [5.41, 5.74) is 0.974. The summed E-state index contributed by atoms with van der Waals surface area (Å²) in [7, 11) is 0. The fourth-order valence-electron chi connectivity index (χ4n) is 2.12. The molecule has 1 fully saturated rings. The number of hydrogen-bond donors (Lipinski definition) is 0. The Balaban J connectivity index is 1.81. The molecule has 0 bridgehead atoms. The molecule has 1 atom stereocenters. The minimum Gasteiger partial charge on any atom is -0.435 e. The molecule has 22 heavy (non-hydrogen) atoms. The summed E-state index contributed by atoms with van der Waals surface area (Å²) < 4.78 is 33.7. The molecule has 0 aliphatic carbocycles. The zero-order valence-electron chi connectivity index (χ0n) is 12.3. The largest absolute Gasteiger partial charge is 0.435 e. The number of carbonyl (C=O) groups excluding carboxylic acids is 1. The first-order valence-corrected chi connectivity index (χ1v) is 8.13. The Morgan fingerprint density at radius 3 is 2.55 bits per heavy atom. The molecule has 0 unspecified atom stereocenters. The quantitative estimate of drug-likeness (QED) is 0.803. The zero-order valence-corrected chi connectivity index (χ0v) is 13.2. The van der Waals surface area contributed by atoms with Crippen LogP contribution in [0, 0.1) is 0 Å². The summed E-state index contributed by atoms with van der Waals surface area (Å²) in [5.74, 6) is 0.648. The molecular formula is C15H19F2NO3S. The van der Waals surface area contributed by atoms with Gasteiger partial charge in [-0.15, -0.1) is 11.8 Å². The van der Waals surface area contributed by atoms with Crippen molar-refractivity contribution in [3.8, 4) is 5.75 Å². The van der Waals surface area contributed by atoms with E-state index in [0.29, 0.717) is 32.1 Å². The molecule has 0 radical (unpaired) electrons. The van der Waals surface area contributed by atoms with Gasteiger partial charge in [0.25, 0.3) is 0 Å². The Labute approximate surface area is 132 Å². The first-order valence-electron chi connectivity index (χ1n) is 7.08. The predicted molar refractivity (Wildman–Crippen MR) is 81.3 cm³/mol. The van der Waals surface area contributed by atoms with Gasteiger partial charge in [0.2, 0.25) is 5.91 Å². The summed E-state index contributed by atoms with van der Waals surface area (Å²) in [6.07, 6.45) is 0. The van der Waals surface area contributed by atoms with Gasteiger partial charge >= 0.3 is 6.61 Å². The van der Waals surface area contributed by atoms with Gasteiger partial charge in [-0.25, -0.2) is 0 Å². The molecule has 0 aromatic heterocycles. The van der Waals surface area contributed by atoms with E-state index in [1.807, 2.05) is 11.8 Å². The van der Waals surface area contributed by atoms with E-state index in [-0.39, 0.29) is 16.9 Å². The highest BCUT2D eigenvalue weighted by Gasteiger charge is 2.18. The number of morpholine rings is 1. The Morgan fingerprint density at radius 2 is 1.95 bits per heavy atom. The molecule has 7 heteroatoms. The molecule has 1 aliphatic heterocycles. The lowest BCUT2D eigenvalue weighted by Gasteiger charge is -2.27. The van der Waals surface area contributed by atoms with E-state index in [2.05, 4.69) is 4.74 Å². The zero-order chi connectivity index (χ0) is 15.9. The van der Waals surface area contributed by atoms with Crippen LogP contribution in [0.3, 0.4) is 0 Å². The number of thioether (sulfide) groups is 1. The number of nitrogens with zero attached hydrogens (tertiary/aromatic N) is 1. The van der Waals surface area contributed by atoms with Gasteiger partial charge < -0.3 is 14.4 Å². The normalized spacial score (nSPS) is 16.6. The Morgan fingerprint density at radius 1 is 1.32 bits per heavy atom. The number of carbonyl (C=O) groups is 1. The average Bonchev–Trinajstić information content (AvgIpc) is 2.53.